The van der Waals surface area contributed by atoms with Crippen LogP contribution in [0.2, 0.25) is 0 Å². The van der Waals surface area contributed by atoms with Gasteiger partial charge in [0.15, 0.2) is 5.65 Å². The van der Waals surface area contributed by atoms with E-state index in [0.29, 0.717) is 36.1 Å². The molecule has 2 aliphatic heterocycles. The zero-order valence-corrected chi connectivity index (χ0v) is 15.0. The average Bonchev–Trinajstić information content (AvgIpc) is 3.21. The molecule has 2 atom stereocenters. The van der Waals surface area contributed by atoms with E-state index in [4.69, 9.17) is 5.26 Å². The van der Waals surface area contributed by atoms with Crippen molar-refractivity contribution in [2.75, 3.05) is 0 Å². The molecule has 2 saturated heterocycles. The molecule has 4 heterocycles. The molecule has 0 saturated carbocycles. The molecular weight excluding hydrogens is 338 g/mol. The number of fused-ring (bicyclic) bond motifs is 3. The highest BCUT2D eigenvalue weighted by Gasteiger charge is 2.48. The highest BCUT2D eigenvalue weighted by Crippen LogP contribution is 2.46. The molecule has 6 nitrogen and oxygen atoms in total. The fourth-order valence-electron chi connectivity index (χ4n) is 4.80. The topological polar surface area (TPSA) is 77.5 Å². The van der Waals surface area contributed by atoms with Crippen LogP contribution in [0.3, 0.4) is 0 Å². The summed E-state index contributed by atoms with van der Waals surface area (Å²) in [6.45, 7) is 0.939. The molecule has 1 aromatic carbocycles. The normalized spacial score (nSPS) is 27.7. The summed E-state index contributed by atoms with van der Waals surface area (Å²) in [4.78, 5) is 6.95. The molecule has 5 rings (SSSR count). The van der Waals surface area contributed by atoms with Crippen molar-refractivity contribution in [3.05, 3.63) is 65.6 Å². The van der Waals surface area contributed by atoms with Crippen LogP contribution >= 0.6 is 0 Å². The van der Waals surface area contributed by atoms with Gasteiger partial charge in [0.05, 0.1) is 11.8 Å². The Bertz CT molecular complexity index is 1010. The molecule has 0 spiro atoms. The summed E-state index contributed by atoms with van der Waals surface area (Å²) in [6.07, 6.45) is 8.71. The van der Waals surface area contributed by atoms with E-state index in [1.807, 2.05) is 12.3 Å². The molecule has 2 aromatic heterocycles. The number of rotatable bonds is 3. The van der Waals surface area contributed by atoms with Crippen molar-refractivity contribution in [2.24, 2.45) is 0 Å². The average molecular weight is 359 g/mol. The van der Waals surface area contributed by atoms with Crippen molar-refractivity contribution in [1.82, 2.24) is 19.5 Å². The van der Waals surface area contributed by atoms with E-state index in [1.165, 1.54) is 11.8 Å². The fourth-order valence-corrected chi connectivity index (χ4v) is 4.80. The highest BCUT2D eigenvalue weighted by molar-refractivity contribution is 5.53. The smallest absolute Gasteiger partial charge is 0.172 e. The van der Waals surface area contributed by atoms with Gasteiger partial charge in [0.25, 0.3) is 0 Å². The van der Waals surface area contributed by atoms with E-state index in [0.717, 1.165) is 24.9 Å². The molecular formula is C21H21N5O. The largest absolute Gasteiger partial charge is 0.385 e. The van der Waals surface area contributed by atoms with Gasteiger partial charge in [-0.3, -0.25) is 4.90 Å². The molecule has 136 valence electrons. The predicted octanol–water partition coefficient (Wildman–Crippen LogP) is 2.62. The first-order valence-corrected chi connectivity index (χ1v) is 9.42. The third-order valence-corrected chi connectivity index (χ3v) is 6.14. The summed E-state index contributed by atoms with van der Waals surface area (Å²) < 4.78 is 1.60. The second kappa shape index (κ2) is 6.15. The van der Waals surface area contributed by atoms with E-state index >= 15 is 0 Å². The van der Waals surface area contributed by atoms with Crippen LogP contribution in [0.5, 0.6) is 0 Å². The lowest BCUT2D eigenvalue weighted by Crippen LogP contribution is -2.49. The van der Waals surface area contributed by atoms with Crippen LogP contribution in [-0.2, 0) is 12.1 Å². The van der Waals surface area contributed by atoms with E-state index < -0.39 is 5.60 Å². The van der Waals surface area contributed by atoms with Gasteiger partial charge in [-0.1, -0.05) is 30.3 Å². The van der Waals surface area contributed by atoms with Gasteiger partial charge >= 0.3 is 0 Å². The van der Waals surface area contributed by atoms with E-state index in [9.17, 15) is 5.11 Å². The van der Waals surface area contributed by atoms with Gasteiger partial charge in [-0.15, -0.1) is 0 Å². The number of benzene rings is 1. The van der Waals surface area contributed by atoms with Gasteiger partial charge in [-0.05, 0) is 31.2 Å². The van der Waals surface area contributed by atoms with Crippen LogP contribution < -0.4 is 0 Å². The zero-order chi connectivity index (χ0) is 18.4. The number of nitrogens with zero attached hydrogens (tertiary/aromatic N) is 5. The molecule has 0 amide bonds. The number of piperidine rings is 1. The lowest BCUT2D eigenvalue weighted by molar-refractivity contribution is -0.0600. The summed E-state index contributed by atoms with van der Waals surface area (Å²) in [5.41, 5.74) is 2.21. The Morgan fingerprint density at radius 1 is 1.15 bits per heavy atom. The van der Waals surface area contributed by atoms with Gasteiger partial charge in [-0.25, -0.2) is 9.50 Å². The van der Waals surface area contributed by atoms with E-state index in [-0.39, 0.29) is 0 Å². The minimum absolute atomic E-state index is 0.372. The molecule has 6 heteroatoms. The molecule has 0 aliphatic carbocycles. The first kappa shape index (κ1) is 16.4. The maximum atomic E-state index is 11.5. The minimum Gasteiger partial charge on any atom is -0.385 e. The Morgan fingerprint density at radius 2 is 1.89 bits per heavy atom. The Balaban J connectivity index is 1.42. The van der Waals surface area contributed by atoms with E-state index in [1.54, 1.807) is 10.7 Å². The van der Waals surface area contributed by atoms with Crippen molar-refractivity contribution in [3.63, 3.8) is 0 Å². The van der Waals surface area contributed by atoms with Crippen LogP contribution in [0.25, 0.3) is 5.65 Å². The number of aliphatic hydroxyl groups is 1. The standard InChI is InChI=1S/C21H21N5O/c22-10-16-11-24-26-14-17(12-23-20(16)26)21(27)8-18-6-7-19(9-21)25(18)13-15-4-2-1-3-5-15/h1-5,11-12,14,18-19,27H,6-9,13H2. The summed E-state index contributed by atoms with van der Waals surface area (Å²) in [5.74, 6) is 0. The molecule has 27 heavy (non-hydrogen) atoms. The third-order valence-electron chi connectivity index (χ3n) is 6.14. The molecule has 0 radical (unpaired) electrons. The van der Waals surface area contributed by atoms with Crippen molar-refractivity contribution >= 4 is 5.65 Å². The molecule has 2 unspecified atom stereocenters. The fraction of sp³-hybridized carbons (Fsp3) is 0.381. The van der Waals surface area contributed by atoms with Crippen molar-refractivity contribution < 1.29 is 5.11 Å². The van der Waals surface area contributed by atoms with Crippen LogP contribution in [0.15, 0.2) is 48.9 Å². The van der Waals surface area contributed by atoms with Crippen LogP contribution in [0.4, 0.5) is 0 Å². The van der Waals surface area contributed by atoms with Crippen molar-refractivity contribution in [2.45, 2.75) is 49.9 Å². The molecule has 2 bridgehead atoms. The molecule has 1 N–H and O–H groups in total. The maximum Gasteiger partial charge on any atom is 0.172 e. The Labute approximate surface area is 157 Å². The van der Waals surface area contributed by atoms with E-state index in [2.05, 4.69) is 45.3 Å². The third kappa shape index (κ3) is 2.71. The quantitative estimate of drug-likeness (QED) is 0.778. The van der Waals surface area contributed by atoms with Crippen molar-refractivity contribution in [1.29, 1.82) is 5.26 Å². The van der Waals surface area contributed by atoms with Crippen LogP contribution in [0.1, 0.15) is 42.4 Å². The number of hydrogen-bond acceptors (Lipinski definition) is 5. The minimum atomic E-state index is -0.890. The maximum absolute atomic E-state index is 11.5. The van der Waals surface area contributed by atoms with Crippen LogP contribution in [-0.4, -0.2) is 36.7 Å². The van der Waals surface area contributed by atoms with Gasteiger partial charge in [0.2, 0.25) is 0 Å². The first-order valence-electron chi connectivity index (χ1n) is 9.42. The summed E-state index contributed by atoms with van der Waals surface area (Å²) in [6, 6.07) is 13.4. The molecule has 2 aliphatic rings. The van der Waals surface area contributed by atoms with Crippen LogP contribution in [0, 0.1) is 11.3 Å². The van der Waals surface area contributed by atoms with Gasteiger partial charge in [0.1, 0.15) is 11.6 Å². The molecule has 3 aromatic rings. The predicted molar refractivity (Wildman–Crippen MR) is 99.6 cm³/mol. The lowest BCUT2D eigenvalue weighted by Gasteiger charge is -2.44. The Morgan fingerprint density at radius 3 is 2.59 bits per heavy atom. The summed E-state index contributed by atoms with van der Waals surface area (Å²) in [7, 11) is 0. The van der Waals surface area contributed by atoms with Crippen molar-refractivity contribution in [3.8, 4) is 6.07 Å². The second-order valence-corrected chi connectivity index (χ2v) is 7.76. The molecule has 2 fully saturated rings. The second-order valence-electron chi connectivity index (χ2n) is 7.76. The van der Waals surface area contributed by atoms with Gasteiger partial charge in [0, 0.05) is 36.6 Å². The SMILES string of the molecule is N#Cc1cnn2cc(C3(O)CC4CCC(C3)N4Cc3ccccc3)cnc12. The first-order chi connectivity index (χ1) is 13.2. The zero-order valence-electron chi connectivity index (χ0n) is 15.0. The summed E-state index contributed by atoms with van der Waals surface area (Å²) in [5, 5.41) is 24.8. The summed E-state index contributed by atoms with van der Waals surface area (Å²) >= 11 is 0. The van der Waals surface area contributed by atoms with Gasteiger partial charge in [-0.2, -0.15) is 10.4 Å². The lowest BCUT2D eigenvalue weighted by atomic mass is 9.81. The highest BCUT2D eigenvalue weighted by atomic mass is 16.3. The monoisotopic (exact) mass is 359 g/mol. The number of nitriles is 1. The Kier molecular flexibility index (Phi) is 3.74. The number of aromatic nitrogens is 3. The number of hydrogen-bond donors (Lipinski definition) is 1. The van der Waals surface area contributed by atoms with Gasteiger partial charge < -0.3 is 5.11 Å². The Hall–Kier alpha value is -2.75.